The third-order valence-electron chi connectivity index (χ3n) is 2.13. The molecular formula is C9H17N3O. The van der Waals surface area contributed by atoms with E-state index in [4.69, 9.17) is 10.8 Å². The van der Waals surface area contributed by atoms with Gasteiger partial charge in [0, 0.05) is 19.3 Å². The van der Waals surface area contributed by atoms with Crippen LogP contribution in [0.1, 0.15) is 12.5 Å². The number of hydrogen-bond donors (Lipinski definition) is 2. The molecule has 1 atom stereocenters. The lowest BCUT2D eigenvalue weighted by Crippen LogP contribution is -2.20. The van der Waals surface area contributed by atoms with Gasteiger partial charge in [-0.2, -0.15) is 5.10 Å². The van der Waals surface area contributed by atoms with Crippen LogP contribution in [0, 0.1) is 5.92 Å². The summed E-state index contributed by atoms with van der Waals surface area (Å²) in [6.45, 7) is 3.59. The normalized spacial score (nSPS) is 13.2. The maximum atomic E-state index is 8.94. The van der Waals surface area contributed by atoms with Crippen LogP contribution in [-0.4, -0.2) is 28.0 Å². The van der Waals surface area contributed by atoms with E-state index >= 15 is 0 Å². The minimum absolute atomic E-state index is 0.147. The second kappa shape index (κ2) is 4.99. The van der Waals surface area contributed by atoms with Crippen LogP contribution in [0.15, 0.2) is 12.4 Å². The Morgan fingerprint density at radius 1 is 1.69 bits per heavy atom. The number of hydrogen-bond acceptors (Lipinski definition) is 3. The summed E-state index contributed by atoms with van der Waals surface area (Å²) in [6, 6.07) is 0. The summed E-state index contributed by atoms with van der Waals surface area (Å²) >= 11 is 0. The smallest absolute Gasteiger partial charge is 0.0521 e. The zero-order valence-electron chi connectivity index (χ0n) is 7.98. The lowest BCUT2D eigenvalue weighted by molar-refractivity contribution is 0.230. The van der Waals surface area contributed by atoms with Gasteiger partial charge in [-0.25, -0.2) is 0 Å². The Balaban J connectivity index is 2.52. The third kappa shape index (κ3) is 2.82. The quantitative estimate of drug-likeness (QED) is 0.676. The molecule has 0 aromatic carbocycles. The van der Waals surface area contributed by atoms with E-state index in [1.165, 1.54) is 0 Å². The maximum absolute atomic E-state index is 8.94. The van der Waals surface area contributed by atoms with Crippen LogP contribution in [0.2, 0.25) is 0 Å². The van der Waals surface area contributed by atoms with Crippen LogP contribution in [0.3, 0.4) is 0 Å². The zero-order chi connectivity index (χ0) is 9.68. The average molecular weight is 183 g/mol. The summed E-state index contributed by atoms with van der Waals surface area (Å²) in [6.07, 6.45) is 4.65. The van der Waals surface area contributed by atoms with E-state index in [0.29, 0.717) is 6.54 Å². The summed E-state index contributed by atoms with van der Waals surface area (Å²) < 4.78 is 1.88. The van der Waals surface area contributed by atoms with Crippen molar-refractivity contribution < 1.29 is 5.11 Å². The predicted molar refractivity (Wildman–Crippen MR) is 51.2 cm³/mol. The van der Waals surface area contributed by atoms with Gasteiger partial charge in [-0.1, -0.05) is 0 Å². The summed E-state index contributed by atoms with van der Waals surface area (Å²) in [5.74, 6) is 0.162. The number of aliphatic hydroxyl groups is 1. The molecule has 0 bridgehead atoms. The fraction of sp³-hybridized carbons (Fsp3) is 0.667. The summed E-state index contributed by atoms with van der Waals surface area (Å²) in [5, 5.41) is 13.1. The lowest BCUT2D eigenvalue weighted by Gasteiger charge is -2.08. The van der Waals surface area contributed by atoms with Crippen molar-refractivity contribution in [2.24, 2.45) is 11.7 Å². The second-order valence-electron chi connectivity index (χ2n) is 3.19. The first-order valence-corrected chi connectivity index (χ1v) is 4.62. The monoisotopic (exact) mass is 183 g/mol. The van der Waals surface area contributed by atoms with Gasteiger partial charge in [-0.05, 0) is 31.4 Å². The molecule has 0 saturated carbocycles. The van der Waals surface area contributed by atoms with Crippen molar-refractivity contribution in [3.8, 4) is 0 Å². The molecule has 1 unspecified atom stereocenters. The highest BCUT2D eigenvalue weighted by atomic mass is 16.3. The van der Waals surface area contributed by atoms with E-state index in [0.717, 1.165) is 18.5 Å². The number of aromatic nitrogens is 2. The van der Waals surface area contributed by atoms with Crippen molar-refractivity contribution in [3.05, 3.63) is 18.0 Å². The van der Waals surface area contributed by atoms with Crippen LogP contribution in [0.4, 0.5) is 0 Å². The van der Waals surface area contributed by atoms with Gasteiger partial charge in [-0.3, -0.25) is 4.68 Å². The van der Waals surface area contributed by atoms with Crippen LogP contribution in [0.5, 0.6) is 0 Å². The Morgan fingerprint density at radius 3 is 2.92 bits per heavy atom. The highest BCUT2D eigenvalue weighted by Crippen LogP contribution is 2.06. The zero-order valence-corrected chi connectivity index (χ0v) is 7.98. The molecule has 0 amide bonds. The summed E-state index contributed by atoms with van der Waals surface area (Å²) in [5.41, 5.74) is 6.63. The molecule has 1 heterocycles. The first-order chi connectivity index (χ1) is 6.30. The topological polar surface area (TPSA) is 64.1 Å². The van der Waals surface area contributed by atoms with Crippen LogP contribution in [0.25, 0.3) is 0 Å². The molecule has 0 aliphatic carbocycles. The Kier molecular flexibility index (Phi) is 3.92. The molecule has 1 aromatic heterocycles. The summed E-state index contributed by atoms with van der Waals surface area (Å²) in [4.78, 5) is 0. The van der Waals surface area contributed by atoms with Crippen molar-refractivity contribution in [1.29, 1.82) is 0 Å². The molecule has 0 saturated heterocycles. The molecule has 0 fully saturated rings. The molecule has 0 radical (unpaired) electrons. The van der Waals surface area contributed by atoms with E-state index in [1.54, 1.807) is 0 Å². The van der Waals surface area contributed by atoms with Gasteiger partial charge in [0.25, 0.3) is 0 Å². The van der Waals surface area contributed by atoms with Crippen LogP contribution < -0.4 is 5.73 Å². The maximum Gasteiger partial charge on any atom is 0.0521 e. The number of rotatable bonds is 5. The van der Waals surface area contributed by atoms with E-state index < -0.39 is 0 Å². The standard InChI is InChI=1S/C9H17N3O/c1-2-12-6-9(5-11-12)3-8(4-10)7-13/h5-6,8,13H,2-4,7,10H2,1H3. The SMILES string of the molecule is CCn1cc(CC(CN)CO)cn1. The Hall–Kier alpha value is -0.870. The minimum atomic E-state index is 0.147. The van der Waals surface area contributed by atoms with Crippen LogP contribution in [-0.2, 0) is 13.0 Å². The molecule has 4 nitrogen and oxygen atoms in total. The molecule has 3 N–H and O–H groups in total. The number of aliphatic hydroxyl groups excluding tert-OH is 1. The Labute approximate surface area is 78.4 Å². The van der Waals surface area contributed by atoms with Crippen molar-refractivity contribution in [1.82, 2.24) is 9.78 Å². The van der Waals surface area contributed by atoms with E-state index in [9.17, 15) is 0 Å². The van der Waals surface area contributed by atoms with Crippen molar-refractivity contribution in [2.45, 2.75) is 19.9 Å². The largest absolute Gasteiger partial charge is 0.396 e. The van der Waals surface area contributed by atoms with Gasteiger partial charge in [-0.15, -0.1) is 0 Å². The fourth-order valence-electron chi connectivity index (χ4n) is 1.24. The third-order valence-corrected chi connectivity index (χ3v) is 2.13. The Morgan fingerprint density at radius 2 is 2.46 bits per heavy atom. The van der Waals surface area contributed by atoms with Gasteiger partial charge in [0.05, 0.1) is 6.20 Å². The van der Waals surface area contributed by atoms with E-state index in [2.05, 4.69) is 5.10 Å². The predicted octanol–water partition coefficient (Wildman–Crippen LogP) is 0.0127. The van der Waals surface area contributed by atoms with Gasteiger partial charge >= 0.3 is 0 Å². The lowest BCUT2D eigenvalue weighted by atomic mass is 10.0. The molecule has 1 aromatic rings. The average Bonchev–Trinajstić information content (AvgIpc) is 2.61. The minimum Gasteiger partial charge on any atom is -0.396 e. The van der Waals surface area contributed by atoms with Crippen molar-refractivity contribution >= 4 is 0 Å². The fourth-order valence-corrected chi connectivity index (χ4v) is 1.24. The molecule has 0 spiro atoms. The Bertz CT molecular complexity index is 243. The molecular weight excluding hydrogens is 166 g/mol. The first kappa shape index (κ1) is 10.2. The molecule has 74 valence electrons. The summed E-state index contributed by atoms with van der Waals surface area (Å²) in [7, 11) is 0. The van der Waals surface area contributed by atoms with Gasteiger partial charge in [0.15, 0.2) is 0 Å². The molecule has 4 heteroatoms. The highest BCUT2D eigenvalue weighted by molar-refractivity contribution is 5.05. The first-order valence-electron chi connectivity index (χ1n) is 4.62. The van der Waals surface area contributed by atoms with Crippen molar-refractivity contribution in [3.63, 3.8) is 0 Å². The second-order valence-corrected chi connectivity index (χ2v) is 3.19. The van der Waals surface area contributed by atoms with Crippen LogP contribution >= 0.6 is 0 Å². The number of aryl methyl sites for hydroxylation is 1. The van der Waals surface area contributed by atoms with Gasteiger partial charge < -0.3 is 10.8 Å². The van der Waals surface area contributed by atoms with Crippen molar-refractivity contribution in [2.75, 3.05) is 13.2 Å². The van der Waals surface area contributed by atoms with E-state index in [-0.39, 0.29) is 12.5 Å². The highest BCUT2D eigenvalue weighted by Gasteiger charge is 2.07. The molecule has 13 heavy (non-hydrogen) atoms. The molecule has 1 rings (SSSR count). The van der Waals surface area contributed by atoms with E-state index in [1.807, 2.05) is 24.0 Å². The molecule has 0 aliphatic rings. The number of nitrogens with zero attached hydrogens (tertiary/aromatic N) is 2. The molecule has 0 aliphatic heterocycles. The number of nitrogens with two attached hydrogens (primary N) is 1. The van der Waals surface area contributed by atoms with Gasteiger partial charge in [0.2, 0.25) is 0 Å². The van der Waals surface area contributed by atoms with Gasteiger partial charge in [0.1, 0.15) is 0 Å².